The van der Waals surface area contributed by atoms with E-state index in [0.29, 0.717) is 13.1 Å². The molecule has 1 aromatic rings. The van der Waals surface area contributed by atoms with Gasteiger partial charge in [0.15, 0.2) is 0 Å². The van der Waals surface area contributed by atoms with E-state index in [4.69, 9.17) is 5.11 Å². The van der Waals surface area contributed by atoms with E-state index in [-0.39, 0.29) is 24.3 Å². The molecule has 1 heterocycles. The predicted molar refractivity (Wildman–Crippen MR) is 75.1 cm³/mol. The molecule has 2 unspecified atom stereocenters. The fraction of sp³-hybridized carbons (Fsp3) is 0.467. The molecule has 2 rings (SSSR count). The summed E-state index contributed by atoms with van der Waals surface area (Å²) in [7, 11) is 1.66. The minimum absolute atomic E-state index is 0.0503. The van der Waals surface area contributed by atoms with E-state index in [1.54, 1.807) is 24.1 Å². The Morgan fingerprint density at radius 1 is 1.33 bits per heavy atom. The molecule has 5 nitrogen and oxygen atoms in total. The van der Waals surface area contributed by atoms with Crippen LogP contribution < -0.4 is 0 Å². The highest BCUT2D eigenvalue weighted by molar-refractivity contribution is 5.77. The normalized spacial score (nSPS) is 21.4. The van der Waals surface area contributed by atoms with Crippen LogP contribution in [-0.2, 0) is 11.3 Å². The number of carboxylic acids is 1. The number of hydrogen-bond acceptors (Lipinski definition) is 2. The molecule has 0 spiro atoms. The number of rotatable bonds is 3. The number of halogens is 1. The molecule has 0 aromatic heterocycles. The standard InChI is InChI=1S/C15H19FN2O3/c1-10-7-18(9-13(10)14(19)20)15(21)17(2)8-11-3-5-12(16)6-4-11/h3-6,10,13H,7-9H2,1-2H3,(H,19,20). The van der Waals surface area contributed by atoms with Crippen molar-refractivity contribution in [3.8, 4) is 0 Å². The van der Waals surface area contributed by atoms with E-state index < -0.39 is 11.9 Å². The van der Waals surface area contributed by atoms with Crippen LogP contribution in [0, 0.1) is 17.7 Å². The van der Waals surface area contributed by atoms with Gasteiger partial charge in [-0.25, -0.2) is 9.18 Å². The Morgan fingerprint density at radius 2 is 1.95 bits per heavy atom. The second-order valence-electron chi connectivity index (χ2n) is 5.59. The summed E-state index contributed by atoms with van der Waals surface area (Å²) in [5.74, 6) is -1.73. The van der Waals surface area contributed by atoms with E-state index in [1.807, 2.05) is 6.92 Å². The van der Waals surface area contributed by atoms with Gasteiger partial charge in [0.25, 0.3) is 0 Å². The molecule has 1 saturated heterocycles. The molecule has 21 heavy (non-hydrogen) atoms. The Balaban J connectivity index is 1.97. The van der Waals surface area contributed by atoms with Gasteiger partial charge in [0.1, 0.15) is 5.82 Å². The summed E-state index contributed by atoms with van der Waals surface area (Å²) in [4.78, 5) is 26.5. The number of urea groups is 1. The Morgan fingerprint density at radius 3 is 2.48 bits per heavy atom. The zero-order chi connectivity index (χ0) is 15.6. The number of hydrogen-bond donors (Lipinski definition) is 1. The third kappa shape index (κ3) is 3.51. The number of carbonyl (C=O) groups is 2. The molecule has 0 radical (unpaired) electrons. The first-order valence-corrected chi connectivity index (χ1v) is 6.85. The lowest BCUT2D eigenvalue weighted by molar-refractivity contribution is -0.142. The van der Waals surface area contributed by atoms with Crippen LogP contribution in [0.1, 0.15) is 12.5 Å². The zero-order valence-electron chi connectivity index (χ0n) is 12.1. The molecule has 1 aromatic carbocycles. The van der Waals surface area contributed by atoms with E-state index in [1.165, 1.54) is 17.0 Å². The van der Waals surface area contributed by atoms with Gasteiger partial charge in [-0.3, -0.25) is 4.79 Å². The molecule has 6 heteroatoms. The van der Waals surface area contributed by atoms with E-state index in [9.17, 15) is 14.0 Å². The van der Waals surface area contributed by atoms with Crippen LogP contribution in [0.25, 0.3) is 0 Å². The third-order valence-electron chi connectivity index (χ3n) is 3.86. The second-order valence-corrected chi connectivity index (χ2v) is 5.59. The van der Waals surface area contributed by atoms with E-state index in [2.05, 4.69) is 0 Å². The van der Waals surface area contributed by atoms with Crippen molar-refractivity contribution >= 4 is 12.0 Å². The van der Waals surface area contributed by atoms with Crippen LogP contribution in [0.2, 0.25) is 0 Å². The molecule has 1 aliphatic rings. The summed E-state index contributed by atoms with van der Waals surface area (Å²) < 4.78 is 12.8. The molecular formula is C15H19FN2O3. The maximum atomic E-state index is 12.8. The van der Waals surface area contributed by atoms with Gasteiger partial charge in [-0.15, -0.1) is 0 Å². The van der Waals surface area contributed by atoms with Gasteiger partial charge < -0.3 is 14.9 Å². The number of benzene rings is 1. The topological polar surface area (TPSA) is 60.9 Å². The van der Waals surface area contributed by atoms with Gasteiger partial charge >= 0.3 is 12.0 Å². The number of nitrogens with zero attached hydrogens (tertiary/aromatic N) is 2. The number of aliphatic carboxylic acids is 1. The molecule has 0 bridgehead atoms. The third-order valence-corrected chi connectivity index (χ3v) is 3.86. The van der Waals surface area contributed by atoms with Crippen LogP contribution in [-0.4, -0.2) is 47.0 Å². The maximum Gasteiger partial charge on any atom is 0.320 e. The van der Waals surface area contributed by atoms with Gasteiger partial charge in [-0.05, 0) is 23.6 Å². The molecule has 1 fully saturated rings. The van der Waals surface area contributed by atoms with Crippen LogP contribution >= 0.6 is 0 Å². The summed E-state index contributed by atoms with van der Waals surface area (Å²) in [6, 6.07) is 5.77. The minimum Gasteiger partial charge on any atom is -0.481 e. The van der Waals surface area contributed by atoms with Gasteiger partial charge in [-0.2, -0.15) is 0 Å². The maximum absolute atomic E-state index is 12.8. The summed E-state index contributed by atoms with van der Waals surface area (Å²) in [5, 5.41) is 9.10. The van der Waals surface area contributed by atoms with Crippen molar-refractivity contribution < 1.29 is 19.1 Å². The first-order chi connectivity index (χ1) is 9.88. The molecule has 0 saturated carbocycles. The first-order valence-electron chi connectivity index (χ1n) is 6.85. The van der Waals surface area contributed by atoms with Crippen molar-refractivity contribution in [1.82, 2.24) is 9.80 Å². The lowest BCUT2D eigenvalue weighted by atomic mass is 9.99. The Hall–Kier alpha value is -2.11. The van der Waals surface area contributed by atoms with Crippen LogP contribution in [0.5, 0.6) is 0 Å². The molecule has 2 atom stereocenters. The minimum atomic E-state index is -0.862. The highest BCUT2D eigenvalue weighted by Gasteiger charge is 2.37. The molecule has 1 aliphatic heterocycles. The second kappa shape index (κ2) is 6.11. The van der Waals surface area contributed by atoms with Crippen molar-refractivity contribution in [1.29, 1.82) is 0 Å². The van der Waals surface area contributed by atoms with Gasteiger partial charge in [0, 0.05) is 26.7 Å². The Labute approximate surface area is 123 Å². The molecule has 2 amide bonds. The van der Waals surface area contributed by atoms with Crippen LogP contribution in [0.3, 0.4) is 0 Å². The summed E-state index contributed by atoms with van der Waals surface area (Å²) >= 11 is 0. The highest BCUT2D eigenvalue weighted by atomic mass is 19.1. The lowest BCUT2D eigenvalue weighted by Gasteiger charge is -2.24. The quantitative estimate of drug-likeness (QED) is 0.928. The smallest absolute Gasteiger partial charge is 0.320 e. The van der Waals surface area contributed by atoms with Crippen molar-refractivity contribution in [2.45, 2.75) is 13.5 Å². The molecule has 114 valence electrons. The number of amides is 2. The van der Waals surface area contributed by atoms with Gasteiger partial charge in [0.2, 0.25) is 0 Å². The summed E-state index contributed by atoms with van der Waals surface area (Å²) in [6.07, 6.45) is 0. The zero-order valence-corrected chi connectivity index (χ0v) is 12.1. The van der Waals surface area contributed by atoms with Crippen molar-refractivity contribution in [2.75, 3.05) is 20.1 Å². The van der Waals surface area contributed by atoms with E-state index in [0.717, 1.165) is 5.56 Å². The summed E-state index contributed by atoms with van der Waals surface area (Å²) in [5.41, 5.74) is 0.828. The summed E-state index contributed by atoms with van der Waals surface area (Å²) in [6.45, 7) is 2.89. The number of carboxylic acid groups (broad SMARTS) is 1. The fourth-order valence-electron chi connectivity index (χ4n) is 2.62. The number of likely N-dealkylation sites (tertiary alicyclic amines) is 1. The monoisotopic (exact) mass is 294 g/mol. The van der Waals surface area contributed by atoms with Crippen molar-refractivity contribution in [2.24, 2.45) is 11.8 Å². The molecule has 0 aliphatic carbocycles. The number of carbonyl (C=O) groups excluding carboxylic acids is 1. The van der Waals surface area contributed by atoms with Crippen LogP contribution in [0.4, 0.5) is 9.18 Å². The predicted octanol–water partition coefficient (Wildman–Crippen LogP) is 2.03. The van der Waals surface area contributed by atoms with Crippen molar-refractivity contribution in [3.05, 3.63) is 35.6 Å². The first kappa shape index (κ1) is 15.3. The SMILES string of the molecule is CC1CN(C(=O)N(C)Cc2ccc(F)cc2)CC1C(=O)O. The molecule has 1 N–H and O–H groups in total. The fourth-order valence-corrected chi connectivity index (χ4v) is 2.62. The highest BCUT2D eigenvalue weighted by Crippen LogP contribution is 2.24. The largest absolute Gasteiger partial charge is 0.481 e. The van der Waals surface area contributed by atoms with Gasteiger partial charge in [-0.1, -0.05) is 19.1 Å². The Kier molecular flexibility index (Phi) is 4.45. The van der Waals surface area contributed by atoms with Crippen LogP contribution in [0.15, 0.2) is 24.3 Å². The average molecular weight is 294 g/mol. The lowest BCUT2D eigenvalue weighted by Crippen LogP contribution is -2.40. The average Bonchev–Trinajstić information content (AvgIpc) is 2.82. The Bertz CT molecular complexity index is 532. The van der Waals surface area contributed by atoms with E-state index >= 15 is 0 Å². The van der Waals surface area contributed by atoms with Gasteiger partial charge in [0.05, 0.1) is 5.92 Å². The molecular weight excluding hydrogens is 275 g/mol. The van der Waals surface area contributed by atoms with Crippen molar-refractivity contribution in [3.63, 3.8) is 0 Å².